The summed E-state index contributed by atoms with van der Waals surface area (Å²) >= 11 is 0. The lowest BCUT2D eigenvalue weighted by atomic mass is 9.85. The second-order valence-electron chi connectivity index (χ2n) is 14.5. The molecule has 2 N–H and O–H groups in total. The Morgan fingerprint density at radius 1 is 0.979 bits per heavy atom. The van der Waals surface area contributed by atoms with Gasteiger partial charge in [0.1, 0.15) is 17.7 Å². The van der Waals surface area contributed by atoms with Crippen molar-refractivity contribution < 1.29 is 14.3 Å². The molecule has 256 valence electrons. The molecule has 0 spiro atoms. The molecular weight excluding hydrogens is 606 g/mol. The van der Waals surface area contributed by atoms with Crippen LogP contribution >= 0.6 is 0 Å². The van der Waals surface area contributed by atoms with Crippen molar-refractivity contribution in [2.75, 3.05) is 56.2 Å². The first-order chi connectivity index (χ1) is 23.2. The number of anilines is 2. The van der Waals surface area contributed by atoms with Crippen LogP contribution in [0, 0.1) is 5.92 Å². The van der Waals surface area contributed by atoms with Crippen LogP contribution in [0.5, 0.6) is 5.75 Å². The molecule has 12 heteroatoms. The highest BCUT2D eigenvalue weighted by molar-refractivity contribution is 5.88. The van der Waals surface area contributed by atoms with E-state index in [2.05, 4.69) is 73.0 Å². The molecule has 0 radical (unpaired) electrons. The van der Waals surface area contributed by atoms with Crippen molar-refractivity contribution in [2.24, 2.45) is 13.0 Å². The Balaban J connectivity index is 0.997. The van der Waals surface area contributed by atoms with Crippen molar-refractivity contribution in [3.05, 3.63) is 65.5 Å². The molecule has 12 nitrogen and oxygen atoms in total. The summed E-state index contributed by atoms with van der Waals surface area (Å²) in [6.07, 6.45) is 6.84. The minimum absolute atomic E-state index is 0.105. The number of carbonyl (C=O) groups excluding carboxylic acids is 1. The van der Waals surface area contributed by atoms with Gasteiger partial charge in [0.15, 0.2) is 5.65 Å². The van der Waals surface area contributed by atoms with E-state index in [0.717, 1.165) is 112 Å². The van der Waals surface area contributed by atoms with Crippen molar-refractivity contribution in [3.8, 4) is 5.75 Å². The minimum Gasteiger partial charge on any atom is -0.484 e. The van der Waals surface area contributed by atoms with E-state index in [-0.39, 0.29) is 23.6 Å². The maximum Gasteiger partial charge on any atom is 0.320 e. The van der Waals surface area contributed by atoms with Gasteiger partial charge < -0.3 is 24.6 Å². The van der Waals surface area contributed by atoms with Crippen molar-refractivity contribution >= 4 is 23.4 Å². The zero-order valence-electron chi connectivity index (χ0n) is 28.7. The predicted octanol–water partition coefficient (Wildman–Crippen LogP) is 5.48. The Morgan fingerprint density at radius 3 is 2.58 bits per heavy atom. The highest BCUT2D eigenvalue weighted by Crippen LogP contribution is 2.39. The number of ether oxygens (including phenoxy) is 2. The Bertz CT molecular complexity index is 1710. The van der Waals surface area contributed by atoms with Gasteiger partial charge in [-0.25, -0.2) is 4.79 Å². The Morgan fingerprint density at radius 2 is 1.79 bits per heavy atom. The monoisotopic (exact) mass is 655 g/mol. The summed E-state index contributed by atoms with van der Waals surface area (Å²) in [5.74, 6) is 3.01. The molecule has 3 aromatic heterocycles. The molecule has 7 rings (SSSR count). The summed E-state index contributed by atoms with van der Waals surface area (Å²) in [5.41, 5.74) is 3.80. The molecule has 0 bridgehead atoms. The number of rotatable bonds is 7. The predicted molar refractivity (Wildman–Crippen MR) is 186 cm³/mol. The van der Waals surface area contributed by atoms with E-state index in [1.54, 1.807) is 4.68 Å². The van der Waals surface area contributed by atoms with Crippen LogP contribution in [0.15, 0.2) is 48.7 Å². The minimum atomic E-state index is -0.246. The molecule has 48 heavy (non-hydrogen) atoms. The number of hydrogen-bond donors (Lipinski definition) is 2. The highest BCUT2D eigenvalue weighted by atomic mass is 16.5. The number of nitrogens with zero attached hydrogens (tertiary/aromatic N) is 7. The Labute approximate surface area is 282 Å². The maximum atomic E-state index is 13.1. The fourth-order valence-corrected chi connectivity index (χ4v) is 7.25. The molecule has 2 amide bonds. The largest absolute Gasteiger partial charge is 0.484 e. The molecule has 4 aromatic rings. The molecule has 0 saturated carbocycles. The number of carbonyl (C=O) groups is 1. The highest BCUT2D eigenvalue weighted by Gasteiger charge is 2.30. The van der Waals surface area contributed by atoms with E-state index in [0.29, 0.717) is 11.7 Å². The van der Waals surface area contributed by atoms with Crippen LogP contribution in [0.1, 0.15) is 81.8 Å². The van der Waals surface area contributed by atoms with Crippen LogP contribution in [0.2, 0.25) is 0 Å². The number of urea groups is 1. The lowest BCUT2D eigenvalue weighted by Gasteiger charge is -2.34. The average Bonchev–Trinajstić information content (AvgIpc) is 3.56. The van der Waals surface area contributed by atoms with Crippen LogP contribution in [-0.2, 0) is 17.2 Å². The van der Waals surface area contributed by atoms with Crippen LogP contribution in [0.4, 0.5) is 16.6 Å². The van der Waals surface area contributed by atoms with E-state index in [4.69, 9.17) is 9.47 Å². The molecule has 1 aromatic carbocycles. The van der Waals surface area contributed by atoms with Crippen LogP contribution in [0.3, 0.4) is 0 Å². The van der Waals surface area contributed by atoms with Gasteiger partial charge in [0.05, 0.1) is 24.5 Å². The first kappa shape index (κ1) is 32.4. The second-order valence-corrected chi connectivity index (χ2v) is 14.5. The number of piperidine rings is 1. The molecule has 2 saturated heterocycles. The first-order valence-electron chi connectivity index (χ1n) is 17.5. The summed E-state index contributed by atoms with van der Waals surface area (Å²) < 4.78 is 16.1. The molecule has 3 aliphatic rings. The smallest absolute Gasteiger partial charge is 0.320 e. The molecule has 5 heterocycles. The Hall–Kier alpha value is -4.16. The molecule has 2 fully saturated rings. The molecule has 2 atom stereocenters. The van der Waals surface area contributed by atoms with Crippen LogP contribution in [-0.4, -0.2) is 81.2 Å². The molecule has 2 aliphatic heterocycles. The average molecular weight is 656 g/mol. The number of aromatic nitrogens is 5. The fourth-order valence-electron chi connectivity index (χ4n) is 7.25. The zero-order chi connectivity index (χ0) is 33.3. The third kappa shape index (κ3) is 7.14. The second kappa shape index (κ2) is 13.8. The van der Waals surface area contributed by atoms with Gasteiger partial charge in [-0.2, -0.15) is 5.10 Å². The van der Waals surface area contributed by atoms with E-state index in [1.165, 1.54) is 0 Å². The maximum absolute atomic E-state index is 13.1. The number of nitrogens with one attached hydrogen (secondary N) is 2. The van der Waals surface area contributed by atoms with Crippen LogP contribution in [0.25, 0.3) is 5.65 Å². The number of aryl methyl sites for hydroxylation is 1. The summed E-state index contributed by atoms with van der Waals surface area (Å²) in [5, 5.41) is 19.8. The van der Waals surface area contributed by atoms with Crippen molar-refractivity contribution in [1.82, 2.24) is 34.6 Å². The Kier molecular flexibility index (Phi) is 9.28. The van der Waals surface area contributed by atoms with E-state index in [1.807, 2.05) is 43.6 Å². The van der Waals surface area contributed by atoms with Crippen molar-refractivity contribution in [2.45, 2.75) is 70.4 Å². The fraction of sp³-hybridized carbons (Fsp3) is 0.556. The first-order valence-corrected chi connectivity index (χ1v) is 17.5. The van der Waals surface area contributed by atoms with Gasteiger partial charge in [-0.15, -0.1) is 10.2 Å². The van der Waals surface area contributed by atoms with Crippen molar-refractivity contribution in [3.63, 3.8) is 0 Å². The van der Waals surface area contributed by atoms with Gasteiger partial charge in [0.2, 0.25) is 5.95 Å². The third-order valence-corrected chi connectivity index (χ3v) is 10.00. The third-order valence-electron chi connectivity index (χ3n) is 10.00. The van der Waals surface area contributed by atoms with Gasteiger partial charge in [0, 0.05) is 57.9 Å². The number of hydrogen-bond acceptors (Lipinski definition) is 8. The number of amides is 2. The van der Waals surface area contributed by atoms with Gasteiger partial charge in [0.25, 0.3) is 0 Å². The van der Waals surface area contributed by atoms with Crippen molar-refractivity contribution in [1.29, 1.82) is 0 Å². The lowest BCUT2D eigenvalue weighted by molar-refractivity contribution is 0.136. The van der Waals surface area contributed by atoms with Crippen LogP contribution < -0.4 is 20.3 Å². The number of benzene rings is 1. The van der Waals surface area contributed by atoms with Gasteiger partial charge in [-0.1, -0.05) is 45.0 Å². The molecule has 0 unspecified atom stereocenters. The lowest BCUT2D eigenvalue weighted by Crippen LogP contribution is -2.40. The topological polar surface area (TPSA) is 114 Å². The summed E-state index contributed by atoms with van der Waals surface area (Å²) in [6.45, 7) is 13.3. The van der Waals surface area contributed by atoms with Gasteiger partial charge in [-0.3, -0.25) is 14.4 Å². The zero-order valence-corrected chi connectivity index (χ0v) is 28.7. The SMILES string of the molecule is Cn1nc(C(C)(C)C)cc1NC(=O)N[C@H]1CC[C@@H](Oc2ccc3nnc(N4CCC(CN5CCCOCC5)CC4)n3c2)c2ccccc21. The van der Waals surface area contributed by atoms with E-state index in [9.17, 15) is 4.79 Å². The van der Waals surface area contributed by atoms with Gasteiger partial charge in [-0.05, 0) is 61.3 Å². The number of pyridine rings is 1. The summed E-state index contributed by atoms with van der Waals surface area (Å²) in [4.78, 5) is 18.1. The number of fused-ring (bicyclic) bond motifs is 2. The standard InChI is InChI=1S/C36H49N9O3/c1-36(2,3)31-22-33(42(4)41-31)38-34(46)37-29-11-12-30(28-9-6-5-8-27(28)29)48-26-10-13-32-39-40-35(45(32)24-26)44-17-14-25(15-18-44)23-43-16-7-20-47-21-19-43/h5-6,8-10,13,22,24-25,29-30H,7,11-12,14-21,23H2,1-4H3,(H2,37,38,46)/t29-,30+/m0/s1. The summed E-state index contributed by atoms with van der Waals surface area (Å²) in [6, 6.07) is 13.8. The van der Waals surface area contributed by atoms with E-state index >= 15 is 0 Å². The van der Waals surface area contributed by atoms with E-state index < -0.39 is 0 Å². The molecule has 1 aliphatic carbocycles. The summed E-state index contributed by atoms with van der Waals surface area (Å²) in [7, 11) is 1.85. The van der Waals surface area contributed by atoms with Gasteiger partial charge >= 0.3 is 6.03 Å². The normalized spacial score (nSPS) is 21.1. The molecular formula is C36H49N9O3. The quantitative estimate of drug-likeness (QED) is 0.269.